The maximum Gasteiger partial charge on any atom is 0.416 e. The topological polar surface area (TPSA) is 61.4 Å². The van der Waals surface area contributed by atoms with Crippen molar-refractivity contribution in [2.24, 2.45) is 0 Å². The van der Waals surface area contributed by atoms with Gasteiger partial charge in [0.1, 0.15) is 11.6 Å². The normalized spacial score (nSPS) is 14.3. The van der Waals surface area contributed by atoms with Crippen molar-refractivity contribution in [2.45, 2.75) is 20.0 Å². The molecule has 3 aromatic rings. The minimum Gasteiger partial charge on any atom is -0.353 e. The third kappa shape index (κ3) is 5.48. The maximum absolute atomic E-state index is 13.3. The molecule has 4 rings (SSSR count). The second-order valence-corrected chi connectivity index (χ2v) is 8.60. The van der Waals surface area contributed by atoms with Gasteiger partial charge in [0.2, 0.25) is 0 Å². The van der Waals surface area contributed by atoms with E-state index in [-0.39, 0.29) is 22.4 Å². The summed E-state index contributed by atoms with van der Waals surface area (Å²) in [6.07, 6.45) is -4.46. The third-order valence-corrected chi connectivity index (χ3v) is 6.14. The molecule has 0 spiro atoms. The van der Waals surface area contributed by atoms with Crippen LogP contribution in [0.4, 0.5) is 33.9 Å². The van der Waals surface area contributed by atoms with E-state index < -0.39 is 17.6 Å². The predicted molar refractivity (Wildman–Crippen MR) is 126 cm³/mol. The van der Waals surface area contributed by atoms with E-state index in [1.807, 2.05) is 11.8 Å². The van der Waals surface area contributed by atoms with Crippen LogP contribution in [0.3, 0.4) is 0 Å². The number of alkyl halides is 3. The Morgan fingerprint density at radius 3 is 2.40 bits per heavy atom. The molecule has 0 unspecified atom stereocenters. The molecule has 2 heterocycles. The third-order valence-electron chi connectivity index (χ3n) is 5.85. The lowest BCUT2D eigenvalue weighted by Gasteiger charge is -2.36. The first-order valence-electron chi connectivity index (χ1n) is 10.8. The van der Waals surface area contributed by atoms with Crippen LogP contribution in [-0.4, -0.2) is 47.1 Å². The second kappa shape index (κ2) is 9.69. The van der Waals surface area contributed by atoms with Gasteiger partial charge in [0, 0.05) is 48.7 Å². The lowest BCUT2D eigenvalue weighted by molar-refractivity contribution is -0.137. The highest BCUT2D eigenvalue weighted by molar-refractivity contribution is 6.31. The molecular formula is C24H22ClF4N5O. The van der Waals surface area contributed by atoms with Crippen molar-refractivity contribution < 1.29 is 22.4 Å². The SMILES string of the molecule is Cc1nc(-c2cccc(C(F)(F)F)c2)nc(N2CCN(C(=O)Nc3ccc(F)c(Cl)c3)CC2)c1C. The Labute approximate surface area is 204 Å². The van der Waals surface area contributed by atoms with Gasteiger partial charge in [0.15, 0.2) is 5.82 Å². The lowest BCUT2D eigenvalue weighted by atomic mass is 10.1. The highest BCUT2D eigenvalue weighted by atomic mass is 35.5. The van der Waals surface area contributed by atoms with Crippen molar-refractivity contribution in [3.63, 3.8) is 0 Å². The Bertz CT molecular complexity index is 1260. The molecule has 1 N–H and O–H groups in total. The molecule has 35 heavy (non-hydrogen) atoms. The van der Waals surface area contributed by atoms with Crippen molar-refractivity contribution in [2.75, 3.05) is 36.4 Å². The molecule has 1 fully saturated rings. The Morgan fingerprint density at radius 2 is 1.74 bits per heavy atom. The van der Waals surface area contributed by atoms with Crippen LogP contribution in [0.5, 0.6) is 0 Å². The summed E-state index contributed by atoms with van der Waals surface area (Å²) in [5, 5.41) is 2.62. The Balaban J connectivity index is 1.49. The zero-order valence-corrected chi connectivity index (χ0v) is 19.7. The number of carbonyl (C=O) groups is 1. The summed E-state index contributed by atoms with van der Waals surface area (Å²) >= 11 is 5.77. The summed E-state index contributed by atoms with van der Waals surface area (Å²) in [5.74, 6) is 0.260. The van der Waals surface area contributed by atoms with Gasteiger partial charge < -0.3 is 15.1 Å². The van der Waals surface area contributed by atoms with E-state index in [0.717, 1.165) is 17.7 Å². The smallest absolute Gasteiger partial charge is 0.353 e. The number of halogens is 5. The monoisotopic (exact) mass is 507 g/mol. The van der Waals surface area contributed by atoms with Crippen molar-refractivity contribution in [1.29, 1.82) is 0 Å². The van der Waals surface area contributed by atoms with Crippen molar-refractivity contribution >= 4 is 29.1 Å². The van der Waals surface area contributed by atoms with E-state index in [0.29, 0.717) is 43.4 Å². The standard InChI is InChI=1S/C24H22ClF4N5O/c1-14-15(2)30-21(16-4-3-5-17(12-16)24(27,28)29)32-22(14)33-8-10-34(11-9-33)23(35)31-18-6-7-20(26)19(25)13-18/h3-7,12-13H,8-11H2,1-2H3,(H,31,35). The van der Waals surface area contributed by atoms with E-state index in [1.165, 1.54) is 24.3 Å². The molecule has 0 bridgehead atoms. The van der Waals surface area contributed by atoms with Gasteiger partial charge in [-0.3, -0.25) is 0 Å². The predicted octanol–water partition coefficient (Wildman–Crippen LogP) is 5.93. The molecule has 0 atom stereocenters. The van der Waals surface area contributed by atoms with Gasteiger partial charge in [0.25, 0.3) is 0 Å². The summed E-state index contributed by atoms with van der Waals surface area (Å²) in [7, 11) is 0. The largest absolute Gasteiger partial charge is 0.416 e. The van der Waals surface area contributed by atoms with Crippen molar-refractivity contribution in [1.82, 2.24) is 14.9 Å². The number of hydrogen-bond acceptors (Lipinski definition) is 4. The van der Waals surface area contributed by atoms with Crippen LogP contribution in [0.2, 0.25) is 5.02 Å². The molecule has 11 heteroatoms. The first-order chi connectivity index (χ1) is 16.5. The number of benzene rings is 2. The van der Waals surface area contributed by atoms with Gasteiger partial charge in [-0.25, -0.2) is 19.2 Å². The highest BCUT2D eigenvalue weighted by Crippen LogP contribution is 2.32. The number of anilines is 2. The fourth-order valence-electron chi connectivity index (χ4n) is 3.78. The average Bonchev–Trinajstić information content (AvgIpc) is 2.83. The van der Waals surface area contributed by atoms with Gasteiger partial charge in [-0.05, 0) is 44.2 Å². The summed E-state index contributed by atoms with van der Waals surface area (Å²) in [5.41, 5.74) is 1.38. The molecule has 0 radical (unpaired) electrons. The molecule has 2 aromatic carbocycles. The number of carbonyl (C=O) groups excluding carboxylic acids is 1. The Kier molecular flexibility index (Phi) is 6.84. The van der Waals surface area contributed by atoms with Gasteiger partial charge >= 0.3 is 12.2 Å². The van der Waals surface area contributed by atoms with Crippen molar-refractivity contribution in [3.05, 3.63) is 70.1 Å². The van der Waals surface area contributed by atoms with E-state index >= 15 is 0 Å². The van der Waals surface area contributed by atoms with E-state index in [1.54, 1.807) is 17.9 Å². The number of aromatic nitrogens is 2. The number of hydrogen-bond donors (Lipinski definition) is 1. The molecule has 0 aliphatic carbocycles. The number of nitrogens with one attached hydrogen (secondary N) is 1. The van der Waals surface area contributed by atoms with Crippen LogP contribution in [-0.2, 0) is 6.18 Å². The number of piperazine rings is 1. The maximum atomic E-state index is 13.3. The summed E-state index contributed by atoms with van der Waals surface area (Å²) in [6, 6.07) is 8.54. The zero-order chi connectivity index (χ0) is 25.3. The van der Waals surface area contributed by atoms with Crippen LogP contribution >= 0.6 is 11.6 Å². The molecule has 1 aliphatic heterocycles. The molecule has 6 nitrogen and oxygen atoms in total. The van der Waals surface area contributed by atoms with Gasteiger partial charge in [-0.2, -0.15) is 13.2 Å². The molecule has 1 aromatic heterocycles. The number of aryl methyl sites for hydroxylation is 1. The number of urea groups is 1. The molecule has 1 aliphatic rings. The van der Waals surface area contributed by atoms with Gasteiger partial charge in [0.05, 0.1) is 10.6 Å². The van der Waals surface area contributed by atoms with Crippen molar-refractivity contribution in [3.8, 4) is 11.4 Å². The number of rotatable bonds is 3. The average molecular weight is 508 g/mol. The van der Waals surface area contributed by atoms with Crippen LogP contribution in [0.1, 0.15) is 16.8 Å². The zero-order valence-electron chi connectivity index (χ0n) is 19.0. The fourth-order valence-corrected chi connectivity index (χ4v) is 3.96. The fraction of sp³-hybridized carbons (Fsp3) is 0.292. The van der Waals surface area contributed by atoms with E-state index in [4.69, 9.17) is 11.6 Å². The van der Waals surface area contributed by atoms with Gasteiger partial charge in [-0.1, -0.05) is 23.7 Å². The first kappa shape index (κ1) is 24.7. The van der Waals surface area contributed by atoms with Crippen LogP contribution in [0.15, 0.2) is 42.5 Å². The lowest BCUT2D eigenvalue weighted by Crippen LogP contribution is -2.50. The van der Waals surface area contributed by atoms with Crippen LogP contribution in [0, 0.1) is 19.7 Å². The molecule has 0 saturated carbocycles. The summed E-state index contributed by atoms with van der Waals surface area (Å²) < 4.78 is 52.8. The quantitative estimate of drug-likeness (QED) is 0.447. The minimum atomic E-state index is -4.46. The summed E-state index contributed by atoms with van der Waals surface area (Å²) in [4.78, 5) is 25.2. The summed E-state index contributed by atoms with van der Waals surface area (Å²) in [6.45, 7) is 5.37. The van der Waals surface area contributed by atoms with E-state index in [9.17, 15) is 22.4 Å². The molecular weight excluding hydrogens is 486 g/mol. The molecule has 184 valence electrons. The Morgan fingerprint density at radius 1 is 1.03 bits per heavy atom. The molecule has 1 saturated heterocycles. The van der Waals surface area contributed by atoms with Crippen LogP contribution in [0.25, 0.3) is 11.4 Å². The number of nitrogens with zero attached hydrogens (tertiary/aromatic N) is 4. The highest BCUT2D eigenvalue weighted by Gasteiger charge is 2.31. The molecule has 2 amide bonds. The van der Waals surface area contributed by atoms with E-state index in [2.05, 4.69) is 15.3 Å². The van der Waals surface area contributed by atoms with Gasteiger partial charge in [-0.15, -0.1) is 0 Å². The minimum absolute atomic E-state index is 0.0844. The Hall–Kier alpha value is -3.40. The number of amides is 2. The van der Waals surface area contributed by atoms with Crippen LogP contribution < -0.4 is 10.2 Å². The first-order valence-corrected chi connectivity index (χ1v) is 11.2. The second-order valence-electron chi connectivity index (χ2n) is 8.19.